The lowest BCUT2D eigenvalue weighted by molar-refractivity contribution is 0.180. The monoisotopic (exact) mass is 379 g/mol. The zero-order valence-corrected chi connectivity index (χ0v) is 15.7. The molecule has 7 heteroatoms. The zero-order valence-electron chi connectivity index (χ0n) is 15.7. The largest absolute Gasteiger partial charge is 0.488 e. The van der Waals surface area contributed by atoms with Crippen molar-refractivity contribution in [3.8, 4) is 5.75 Å². The predicted molar refractivity (Wildman–Crippen MR) is 106 cm³/mol. The molecule has 3 heterocycles. The molecule has 0 spiro atoms. The van der Waals surface area contributed by atoms with Crippen LogP contribution in [0.4, 0.5) is 10.2 Å². The van der Waals surface area contributed by atoms with Gasteiger partial charge in [0.25, 0.3) is 0 Å². The van der Waals surface area contributed by atoms with Gasteiger partial charge in [-0.1, -0.05) is 6.58 Å². The average molecular weight is 379 g/mol. The second-order valence-electron chi connectivity index (χ2n) is 7.50. The van der Waals surface area contributed by atoms with Crippen LogP contribution in [0.1, 0.15) is 43.4 Å². The summed E-state index contributed by atoms with van der Waals surface area (Å²) in [6.07, 6.45) is 6.63. The Balaban J connectivity index is 1.64. The van der Waals surface area contributed by atoms with E-state index in [1.54, 1.807) is 16.8 Å². The molecule has 2 bridgehead atoms. The first-order valence-corrected chi connectivity index (χ1v) is 9.61. The van der Waals surface area contributed by atoms with E-state index in [1.807, 2.05) is 19.2 Å². The first kappa shape index (κ1) is 17.0. The van der Waals surface area contributed by atoms with Crippen LogP contribution in [0.2, 0.25) is 0 Å². The number of fused-ring (bicyclic) bond motifs is 3. The van der Waals surface area contributed by atoms with Gasteiger partial charge in [-0.3, -0.25) is 0 Å². The fraction of sp³-hybridized carbons (Fsp3) is 0.333. The van der Waals surface area contributed by atoms with Crippen molar-refractivity contribution >= 4 is 17.2 Å². The number of ether oxygens (including phenoxy) is 1. The van der Waals surface area contributed by atoms with Gasteiger partial charge in [-0.15, -0.1) is 0 Å². The predicted octanol–water partition coefficient (Wildman–Crippen LogP) is 3.92. The van der Waals surface area contributed by atoms with Crippen molar-refractivity contribution in [3.05, 3.63) is 60.2 Å². The summed E-state index contributed by atoms with van der Waals surface area (Å²) in [5.74, 6) is 1.11. The van der Waals surface area contributed by atoms with Gasteiger partial charge in [0.2, 0.25) is 0 Å². The molecule has 144 valence electrons. The van der Waals surface area contributed by atoms with Crippen LogP contribution in [-0.2, 0) is 0 Å². The SMILES string of the molecule is C=C1N[C@H]2CCC[C@@H]2Oc2ccc(F)cc2[C@@H](C)Nc2ccn3ncc1c3n2. The number of halogens is 1. The highest BCUT2D eigenvalue weighted by Gasteiger charge is 2.31. The number of anilines is 1. The van der Waals surface area contributed by atoms with E-state index in [-0.39, 0.29) is 24.0 Å². The molecule has 1 saturated carbocycles. The van der Waals surface area contributed by atoms with Crippen LogP contribution in [-0.4, -0.2) is 26.7 Å². The van der Waals surface area contributed by atoms with Gasteiger partial charge >= 0.3 is 0 Å². The summed E-state index contributed by atoms with van der Waals surface area (Å²) in [5, 5.41) is 11.3. The van der Waals surface area contributed by atoms with Crippen LogP contribution >= 0.6 is 0 Å². The quantitative estimate of drug-likeness (QED) is 0.620. The van der Waals surface area contributed by atoms with Gasteiger partial charge in [-0.25, -0.2) is 13.9 Å². The maximum Gasteiger partial charge on any atom is 0.166 e. The Morgan fingerprint density at radius 2 is 2.14 bits per heavy atom. The van der Waals surface area contributed by atoms with Gasteiger partial charge in [0.1, 0.15) is 23.5 Å². The highest BCUT2D eigenvalue weighted by molar-refractivity contribution is 5.74. The van der Waals surface area contributed by atoms with E-state index >= 15 is 0 Å². The summed E-state index contributed by atoms with van der Waals surface area (Å²) < 4.78 is 22.1. The summed E-state index contributed by atoms with van der Waals surface area (Å²) >= 11 is 0. The Labute approximate surface area is 162 Å². The van der Waals surface area contributed by atoms with Crippen molar-refractivity contribution in [2.75, 3.05) is 5.32 Å². The molecule has 2 N–H and O–H groups in total. The van der Waals surface area contributed by atoms with Crippen LogP contribution in [0.5, 0.6) is 5.75 Å². The Bertz CT molecular complexity index is 1060. The van der Waals surface area contributed by atoms with Crippen molar-refractivity contribution < 1.29 is 9.13 Å². The van der Waals surface area contributed by atoms with Gasteiger partial charge in [0.05, 0.1) is 23.8 Å². The number of nitrogens with zero attached hydrogens (tertiary/aromatic N) is 3. The van der Waals surface area contributed by atoms with Crippen LogP contribution in [0.3, 0.4) is 0 Å². The molecule has 0 saturated heterocycles. The lowest BCUT2D eigenvalue weighted by atomic mass is 10.1. The highest BCUT2D eigenvalue weighted by atomic mass is 19.1. The molecule has 2 aromatic heterocycles. The summed E-state index contributed by atoms with van der Waals surface area (Å²) in [4.78, 5) is 4.72. The molecule has 0 amide bonds. The third-order valence-electron chi connectivity index (χ3n) is 5.59. The molecular formula is C21H22FN5O. The molecule has 6 nitrogen and oxygen atoms in total. The normalized spacial score (nSPS) is 24.2. The Kier molecular flexibility index (Phi) is 3.96. The summed E-state index contributed by atoms with van der Waals surface area (Å²) in [6, 6.07) is 6.51. The molecule has 0 radical (unpaired) electrons. The topological polar surface area (TPSA) is 63.5 Å². The molecular weight excluding hydrogens is 357 g/mol. The maximum atomic E-state index is 14.0. The first-order chi connectivity index (χ1) is 13.6. The molecule has 1 fully saturated rings. The maximum absolute atomic E-state index is 14.0. The van der Waals surface area contributed by atoms with Crippen molar-refractivity contribution in [2.45, 2.75) is 44.4 Å². The first-order valence-electron chi connectivity index (χ1n) is 9.61. The van der Waals surface area contributed by atoms with Crippen molar-refractivity contribution in [2.24, 2.45) is 0 Å². The third-order valence-corrected chi connectivity index (χ3v) is 5.59. The highest BCUT2D eigenvalue weighted by Crippen LogP contribution is 2.33. The van der Waals surface area contributed by atoms with Gasteiger partial charge in [-0.2, -0.15) is 5.10 Å². The number of hydrogen-bond acceptors (Lipinski definition) is 5. The molecule has 5 rings (SSSR count). The standard InChI is InChI=1S/C21H22FN5O/c1-12-15-10-14(22)6-7-18(15)28-19-5-3-4-17(19)24-13(2)16-11-23-27-9-8-20(25-12)26-21(16)27/h6-12,17,19,24H,2-5H2,1H3,(H,25,26)/t12-,17+,19+/m1/s1. The van der Waals surface area contributed by atoms with Crippen LogP contribution in [0, 0.1) is 5.82 Å². The van der Waals surface area contributed by atoms with E-state index in [4.69, 9.17) is 9.72 Å². The zero-order chi connectivity index (χ0) is 19.3. The van der Waals surface area contributed by atoms with E-state index < -0.39 is 0 Å². The molecule has 1 aliphatic heterocycles. The van der Waals surface area contributed by atoms with E-state index in [0.717, 1.165) is 41.7 Å². The van der Waals surface area contributed by atoms with Gasteiger partial charge in [0, 0.05) is 17.5 Å². The molecule has 3 aromatic rings. The Morgan fingerprint density at radius 3 is 3.04 bits per heavy atom. The molecule has 0 unspecified atom stereocenters. The Morgan fingerprint density at radius 1 is 1.25 bits per heavy atom. The summed E-state index contributed by atoms with van der Waals surface area (Å²) in [6.45, 7) is 6.20. The van der Waals surface area contributed by atoms with Crippen molar-refractivity contribution in [1.82, 2.24) is 19.9 Å². The lowest BCUT2D eigenvalue weighted by Gasteiger charge is -2.26. The van der Waals surface area contributed by atoms with Gasteiger partial charge < -0.3 is 15.4 Å². The molecule has 1 aliphatic carbocycles. The van der Waals surface area contributed by atoms with Gasteiger partial charge in [-0.05, 0) is 50.5 Å². The van der Waals surface area contributed by atoms with Crippen molar-refractivity contribution in [3.63, 3.8) is 0 Å². The average Bonchev–Trinajstić information content (AvgIpc) is 3.29. The Hall–Kier alpha value is -3.09. The fourth-order valence-electron chi connectivity index (χ4n) is 4.12. The second-order valence-corrected chi connectivity index (χ2v) is 7.50. The number of aromatic nitrogens is 3. The molecule has 2 aliphatic rings. The van der Waals surface area contributed by atoms with Crippen molar-refractivity contribution in [1.29, 1.82) is 0 Å². The summed E-state index contributed by atoms with van der Waals surface area (Å²) in [5.41, 5.74) is 3.15. The third kappa shape index (κ3) is 2.87. The molecule has 3 atom stereocenters. The molecule has 1 aromatic carbocycles. The second kappa shape index (κ2) is 6.51. The number of benzene rings is 1. The fourth-order valence-corrected chi connectivity index (χ4v) is 4.12. The van der Waals surface area contributed by atoms with Crippen LogP contribution in [0.15, 0.2) is 43.2 Å². The van der Waals surface area contributed by atoms with Gasteiger partial charge in [0.15, 0.2) is 5.65 Å². The van der Waals surface area contributed by atoms with E-state index in [1.165, 1.54) is 12.1 Å². The van der Waals surface area contributed by atoms with E-state index in [2.05, 4.69) is 22.3 Å². The number of hydrogen-bond donors (Lipinski definition) is 2. The van der Waals surface area contributed by atoms with Crippen LogP contribution < -0.4 is 15.4 Å². The van der Waals surface area contributed by atoms with E-state index in [9.17, 15) is 4.39 Å². The number of nitrogens with one attached hydrogen (secondary N) is 2. The molecule has 28 heavy (non-hydrogen) atoms. The minimum absolute atomic E-state index is 0.00366. The minimum atomic E-state index is -0.281. The van der Waals surface area contributed by atoms with Crippen LogP contribution in [0.25, 0.3) is 11.3 Å². The minimum Gasteiger partial charge on any atom is -0.488 e. The smallest absolute Gasteiger partial charge is 0.166 e. The number of rotatable bonds is 0. The summed E-state index contributed by atoms with van der Waals surface area (Å²) in [7, 11) is 0. The van der Waals surface area contributed by atoms with E-state index in [0.29, 0.717) is 11.6 Å². The lowest BCUT2D eigenvalue weighted by Crippen LogP contribution is -2.38.